The maximum absolute atomic E-state index is 12.7. The maximum atomic E-state index is 12.7. The van der Waals surface area contributed by atoms with Crippen molar-refractivity contribution in [3.05, 3.63) is 28.8 Å². The Bertz CT molecular complexity index is 567. The lowest BCUT2D eigenvalue weighted by atomic mass is 10.2. The average molecular weight is 331 g/mol. The van der Waals surface area contributed by atoms with E-state index in [9.17, 15) is 8.42 Å². The van der Waals surface area contributed by atoms with Gasteiger partial charge in [0.1, 0.15) is 0 Å². The zero-order valence-corrected chi connectivity index (χ0v) is 14.0. The smallest absolute Gasteiger partial charge is 0.243 e. The van der Waals surface area contributed by atoms with Gasteiger partial charge in [-0.25, -0.2) is 8.42 Å². The van der Waals surface area contributed by atoms with Gasteiger partial charge in [0.25, 0.3) is 0 Å². The summed E-state index contributed by atoms with van der Waals surface area (Å²) in [6.45, 7) is 4.74. The van der Waals surface area contributed by atoms with Crippen molar-refractivity contribution in [1.82, 2.24) is 9.62 Å². The third-order valence-electron chi connectivity index (χ3n) is 3.79. The molecule has 0 bridgehead atoms. The number of sulfonamides is 1. The molecule has 0 atom stereocenters. The molecular weight excluding hydrogens is 308 g/mol. The lowest BCUT2D eigenvalue weighted by Gasteiger charge is -2.20. The lowest BCUT2D eigenvalue weighted by molar-refractivity contribution is 0.423. The number of hydrogen-bond donors (Lipinski definition) is 1. The monoisotopic (exact) mass is 330 g/mol. The molecule has 0 saturated carbocycles. The Morgan fingerprint density at radius 1 is 1.19 bits per heavy atom. The number of nitrogens with zero attached hydrogens (tertiary/aromatic N) is 1. The summed E-state index contributed by atoms with van der Waals surface area (Å²) < 4.78 is 26.9. The molecule has 1 aromatic carbocycles. The van der Waals surface area contributed by atoms with Crippen LogP contribution in [0.2, 0.25) is 5.02 Å². The minimum atomic E-state index is -3.42. The molecule has 0 aliphatic carbocycles. The van der Waals surface area contributed by atoms with E-state index in [0.717, 1.165) is 37.8 Å². The zero-order chi connectivity index (χ0) is 15.3. The summed E-state index contributed by atoms with van der Waals surface area (Å²) >= 11 is 6.22. The second-order valence-electron chi connectivity index (χ2n) is 5.35. The highest BCUT2D eigenvalue weighted by atomic mass is 35.5. The van der Waals surface area contributed by atoms with E-state index in [2.05, 4.69) is 5.32 Å². The first-order valence-electron chi connectivity index (χ1n) is 7.55. The molecule has 2 rings (SSSR count). The fraction of sp³-hybridized carbons (Fsp3) is 0.600. The Labute approximate surface area is 132 Å². The van der Waals surface area contributed by atoms with Gasteiger partial charge >= 0.3 is 0 Å². The standard InChI is InChI=1S/C15H23ClN2O2S/c1-2-17-12-13-7-8-14(11-15(13)16)21(19,20)18-9-5-3-4-6-10-18/h7-8,11,17H,2-6,9-10,12H2,1H3. The molecule has 21 heavy (non-hydrogen) atoms. The molecule has 1 aliphatic heterocycles. The first-order valence-corrected chi connectivity index (χ1v) is 9.37. The number of halogens is 1. The van der Waals surface area contributed by atoms with Crippen LogP contribution in [0.4, 0.5) is 0 Å². The zero-order valence-electron chi connectivity index (χ0n) is 12.4. The summed E-state index contributed by atoms with van der Waals surface area (Å²) in [5.74, 6) is 0. The van der Waals surface area contributed by atoms with Crippen LogP contribution in [0, 0.1) is 0 Å². The SMILES string of the molecule is CCNCc1ccc(S(=O)(=O)N2CCCCCC2)cc1Cl. The van der Waals surface area contributed by atoms with Crippen molar-refractivity contribution in [1.29, 1.82) is 0 Å². The molecule has 1 N–H and O–H groups in total. The van der Waals surface area contributed by atoms with Gasteiger partial charge in [0.05, 0.1) is 4.90 Å². The highest BCUT2D eigenvalue weighted by molar-refractivity contribution is 7.89. The Balaban J connectivity index is 2.21. The van der Waals surface area contributed by atoms with Gasteiger partial charge in [-0.3, -0.25) is 0 Å². The normalized spacial score (nSPS) is 17.6. The van der Waals surface area contributed by atoms with Gasteiger partial charge in [0.2, 0.25) is 10.0 Å². The summed E-state index contributed by atoms with van der Waals surface area (Å²) in [5, 5.41) is 3.70. The van der Waals surface area contributed by atoms with Crippen molar-refractivity contribution in [2.75, 3.05) is 19.6 Å². The predicted octanol–water partition coefficient (Wildman–Crippen LogP) is 3.01. The molecule has 0 amide bonds. The van der Waals surface area contributed by atoms with Crippen LogP contribution in [0.25, 0.3) is 0 Å². The van der Waals surface area contributed by atoms with Crippen molar-refractivity contribution in [2.45, 2.75) is 44.0 Å². The topological polar surface area (TPSA) is 49.4 Å². The van der Waals surface area contributed by atoms with Gasteiger partial charge in [0, 0.05) is 24.7 Å². The van der Waals surface area contributed by atoms with E-state index in [1.54, 1.807) is 22.5 Å². The van der Waals surface area contributed by atoms with Gasteiger partial charge in [0.15, 0.2) is 0 Å². The summed E-state index contributed by atoms with van der Waals surface area (Å²) in [6.07, 6.45) is 4.08. The molecule has 0 radical (unpaired) electrons. The predicted molar refractivity (Wildman–Crippen MR) is 86.1 cm³/mol. The number of hydrogen-bond acceptors (Lipinski definition) is 3. The largest absolute Gasteiger partial charge is 0.313 e. The van der Waals surface area contributed by atoms with Crippen LogP contribution in [-0.2, 0) is 16.6 Å². The van der Waals surface area contributed by atoms with E-state index < -0.39 is 10.0 Å². The molecule has 1 aromatic rings. The van der Waals surface area contributed by atoms with Crippen LogP contribution in [-0.4, -0.2) is 32.4 Å². The van der Waals surface area contributed by atoms with Gasteiger partial charge in [-0.05, 0) is 37.1 Å². The molecule has 4 nitrogen and oxygen atoms in total. The number of rotatable bonds is 5. The van der Waals surface area contributed by atoms with Crippen LogP contribution in [0.15, 0.2) is 23.1 Å². The second-order valence-corrected chi connectivity index (χ2v) is 7.70. The number of nitrogens with one attached hydrogen (secondary N) is 1. The quantitative estimate of drug-likeness (QED) is 0.902. The Kier molecular flexibility index (Phi) is 6.05. The molecular formula is C15H23ClN2O2S. The van der Waals surface area contributed by atoms with E-state index in [4.69, 9.17) is 11.6 Å². The van der Waals surface area contributed by atoms with Crippen molar-refractivity contribution >= 4 is 21.6 Å². The Morgan fingerprint density at radius 3 is 2.43 bits per heavy atom. The molecule has 0 spiro atoms. The Morgan fingerprint density at radius 2 is 1.86 bits per heavy atom. The van der Waals surface area contributed by atoms with E-state index in [1.165, 1.54) is 0 Å². The molecule has 0 unspecified atom stereocenters. The van der Waals surface area contributed by atoms with Crippen LogP contribution in [0.5, 0.6) is 0 Å². The van der Waals surface area contributed by atoms with Crippen LogP contribution >= 0.6 is 11.6 Å². The maximum Gasteiger partial charge on any atom is 0.243 e. The minimum absolute atomic E-state index is 0.301. The lowest BCUT2D eigenvalue weighted by Crippen LogP contribution is -2.32. The first-order chi connectivity index (χ1) is 10.1. The molecule has 1 aliphatic rings. The fourth-order valence-electron chi connectivity index (χ4n) is 2.52. The number of benzene rings is 1. The molecule has 1 heterocycles. The van der Waals surface area contributed by atoms with Gasteiger partial charge in [-0.2, -0.15) is 4.31 Å². The summed E-state index contributed by atoms with van der Waals surface area (Å²) in [7, 11) is -3.42. The minimum Gasteiger partial charge on any atom is -0.313 e. The van der Waals surface area contributed by atoms with Crippen molar-refractivity contribution in [3.63, 3.8) is 0 Å². The summed E-state index contributed by atoms with van der Waals surface area (Å²) in [6, 6.07) is 5.04. The van der Waals surface area contributed by atoms with E-state index >= 15 is 0 Å². The van der Waals surface area contributed by atoms with Crippen LogP contribution in [0.3, 0.4) is 0 Å². The molecule has 118 valence electrons. The van der Waals surface area contributed by atoms with Gasteiger partial charge in [-0.1, -0.05) is 37.4 Å². The average Bonchev–Trinajstić information content (AvgIpc) is 2.75. The van der Waals surface area contributed by atoms with Crippen LogP contribution < -0.4 is 5.32 Å². The van der Waals surface area contributed by atoms with Crippen molar-refractivity contribution in [2.24, 2.45) is 0 Å². The van der Waals surface area contributed by atoms with Gasteiger partial charge in [-0.15, -0.1) is 0 Å². The van der Waals surface area contributed by atoms with Crippen molar-refractivity contribution in [3.8, 4) is 0 Å². The fourth-order valence-corrected chi connectivity index (χ4v) is 4.38. The summed E-state index contributed by atoms with van der Waals surface area (Å²) in [4.78, 5) is 0.301. The Hall–Kier alpha value is -0.620. The molecule has 1 fully saturated rings. The van der Waals surface area contributed by atoms with Gasteiger partial charge < -0.3 is 5.32 Å². The highest BCUT2D eigenvalue weighted by Gasteiger charge is 2.25. The first kappa shape index (κ1) is 16.7. The van der Waals surface area contributed by atoms with E-state index in [-0.39, 0.29) is 0 Å². The van der Waals surface area contributed by atoms with E-state index in [0.29, 0.717) is 29.6 Å². The molecule has 0 aromatic heterocycles. The highest BCUT2D eigenvalue weighted by Crippen LogP contribution is 2.25. The molecule has 6 heteroatoms. The van der Waals surface area contributed by atoms with E-state index in [1.807, 2.05) is 6.92 Å². The third kappa shape index (κ3) is 4.19. The summed E-state index contributed by atoms with van der Waals surface area (Å²) in [5.41, 5.74) is 0.924. The third-order valence-corrected chi connectivity index (χ3v) is 6.04. The van der Waals surface area contributed by atoms with Crippen LogP contribution in [0.1, 0.15) is 38.2 Å². The molecule has 1 saturated heterocycles. The second kappa shape index (κ2) is 7.58. The van der Waals surface area contributed by atoms with Crippen molar-refractivity contribution < 1.29 is 8.42 Å².